The van der Waals surface area contributed by atoms with Crippen molar-refractivity contribution in [1.82, 2.24) is 4.90 Å². The lowest BCUT2D eigenvalue weighted by Crippen LogP contribution is -2.37. The van der Waals surface area contributed by atoms with Crippen LogP contribution in [-0.2, 0) is 0 Å². The monoisotopic (exact) mass is 183 g/mol. The van der Waals surface area contributed by atoms with Crippen LogP contribution in [0.3, 0.4) is 0 Å². The SMILES string of the molecule is CC(C)N=C(N)N1CCC(C)(C)C1. The molecule has 0 spiro atoms. The average Bonchev–Trinajstić information content (AvgIpc) is 2.28. The minimum atomic E-state index is 0.295. The summed E-state index contributed by atoms with van der Waals surface area (Å²) in [7, 11) is 0. The summed E-state index contributed by atoms with van der Waals surface area (Å²) in [6.07, 6.45) is 1.21. The standard InChI is InChI=1S/C10H21N3/c1-8(2)12-9(11)13-6-5-10(3,4)7-13/h8H,5-7H2,1-4H3,(H2,11,12). The molecule has 0 bridgehead atoms. The predicted octanol–water partition coefficient (Wildman–Crippen LogP) is 1.44. The Labute approximate surface area is 81.0 Å². The Morgan fingerprint density at radius 2 is 2.08 bits per heavy atom. The van der Waals surface area contributed by atoms with Gasteiger partial charge in [0.2, 0.25) is 0 Å². The summed E-state index contributed by atoms with van der Waals surface area (Å²) < 4.78 is 0. The van der Waals surface area contributed by atoms with E-state index in [1.807, 2.05) is 13.8 Å². The first-order chi connectivity index (χ1) is 5.91. The van der Waals surface area contributed by atoms with Crippen LogP contribution in [0.4, 0.5) is 0 Å². The fourth-order valence-electron chi connectivity index (χ4n) is 1.65. The smallest absolute Gasteiger partial charge is 0.191 e. The van der Waals surface area contributed by atoms with Gasteiger partial charge in [-0.2, -0.15) is 0 Å². The first kappa shape index (κ1) is 10.4. The number of nitrogens with zero attached hydrogens (tertiary/aromatic N) is 2. The Morgan fingerprint density at radius 3 is 2.46 bits per heavy atom. The van der Waals surface area contributed by atoms with E-state index in [0.29, 0.717) is 17.4 Å². The summed E-state index contributed by atoms with van der Waals surface area (Å²) in [5, 5.41) is 0. The lowest BCUT2D eigenvalue weighted by atomic mass is 9.93. The van der Waals surface area contributed by atoms with Crippen LogP contribution in [-0.4, -0.2) is 30.0 Å². The van der Waals surface area contributed by atoms with Crippen LogP contribution in [0.25, 0.3) is 0 Å². The maximum atomic E-state index is 5.88. The van der Waals surface area contributed by atoms with Crippen LogP contribution >= 0.6 is 0 Å². The Morgan fingerprint density at radius 1 is 1.46 bits per heavy atom. The second kappa shape index (κ2) is 3.56. The fourth-order valence-corrected chi connectivity index (χ4v) is 1.65. The van der Waals surface area contributed by atoms with Crippen LogP contribution in [0.2, 0.25) is 0 Å². The molecule has 0 unspecified atom stereocenters. The molecular formula is C10H21N3. The summed E-state index contributed by atoms with van der Waals surface area (Å²) in [5.74, 6) is 0.709. The summed E-state index contributed by atoms with van der Waals surface area (Å²) in [6, 6.07) is 0.295. The highest BCUT2D eigenvalue weighted by Crippen LogP contribution is 2.28. The van der Waals surface area contributed by atoms with E-state index in [-0.39, 0.29) is 0 Å². The van der Waals surface area contributed by atoms with E-state index in [2.05, 4.69) is 23.7 Å². The number of rotatable bonds is 1. The lowest BCUT2D eigenvalue weighted by molar-refractivity contribution is 0.373. The zero-order chi connectivity index (χ0) is 10.1. The molecule has 1 aliphatic heterocycles. The highest BCUT2D eigenvalue weighted by atomic mass is 15.3. The Bertz CT molecular complexity index is 206. The zero-order valence-corrected chi connectivity index (χ0v) is 9.17. The maximum Gasteiger partial charge on any atom is 0.191 e. The molecule has 13 heavy (non-hydrogen) atoms. The van der Waals surface area contributed by atoms with Gasteiger partial charge in [-0.25, -0.2) is 0 Å². The van der Waals surface area contributed by atoms with E-state index in [1.165, 1.54) is 6.42 Å². The summed E-state index contributed by atoms with van der Waals surface area (Å²) >= 11 is 0. The molecule has 1 rings (SSSR count). The van der Waals surface area contributed by atoms with Gasteiger partial charge in [0, 0.05) is 19.1 Å². The minimum absolute atomic E-state index is 0.295. The molecule has 0 amide bonds. The molecule has 0 saturated carbocycles. The highest BCUT2D eigenvalue weighted by molar-refractivity contribution is 5.78. The minimum Gasteiger partial charge on any atom is -0.370 e. The molecule has 0 aromatic carbocycles. The molecule has 0 radical (unpaired) electrons. The van der Waals surface area contributed by atoms with Gasteiger partial charge in [-0.3, -0.25) is 4.99 Å². The molecule has 0 aliphatic carbocycles. The lowest BCUT2D eigenvalue weighted by Gasteiger charge is -2.20. The van der Waals surface area contributed by atoms with E-state index in [1.54, 1.807) is 0 Å². The molecule has 2 N–H and O–H groups in total. The van der Waals surface area contributed by atoms with Crippen molar-refractivity contribution in [2.45, 2.75) is 40.2 Å². The molecule has 0 aromatic heterocycles. The quantitative estimate of drug-likeness (QED) is 0.494. The molecule has 1 saturated heterocycles. The van der Waals surface area contributed by atoms with E-state index >= 15 is 0 Å². The molecular weight excluding hydrogens is 162 g/mol. The molecule has 1 fully saturated rings. The third-order valence-corrected chi connectivity index (χ3v) is 2.39. The molecule has 1 heterocycles. The predicted molar refractivity (Wildman–Crippen MR) is 56.7 cm³/mol. The summed E-state index contributed by atoms with van der Waals surface area (Å²) in [6.45, 7) is 10.7. The van der Waals surface area contributed by atoms with E-state index < -0.39 is 0 Å². The van der Waals surface area contributed by atoms with Crippen molar-refractivity contribution in [3.63, 3.8) is 0 Å². The van der Waals surface area contributed by atoms with Crippen molar-refractivity contribution < 1.29 is 0 Å². The number of hydrogen-bond donors (Lipinski definition) is 1. The largest absolute Gasteiger partial charge is 0.370 e. The van der Waals surface area contributed by atoms with Gasteiger partial charge in [-0.1, -0.05) is 13.8 Å². The first-order valence-corrected chi connectivity index (χ1v) is 4.99. The van der Waals surface area contributed by atoms with Gasteiger partial charge in [0.25, 0.3) is 0 Å². The molecule has 76 valence electrons. The first-order valence-electron chi connectivity index (χ1n) is 4.99. The number of likely N-dealkylation sites (tertiary alicyclic amines) is 1. The summed E-state index contributed by atoms with van der Waals surface area (Å²) in [4.78, 5) is 6.53. The molecule has 1 aliphatic rings. The van der Waals surface area contributed by atoms with Crippen molar-refractivity contribution in [2.24, 2.45) is 16.1 Å². The van der Waals surface area contributed by atoms with Gasteiger partial charge in [-0.05, 0) is 25.7 Å². The third kappa shape index (κ3) is 2.90. The number of guanidine groups is 1. The van der Waals surface area contributed by atoms with Crippen molar-refractivity contribution >= 4 is 5.96 Å². The second-order valence-electron chi connectivity index (χ2n) is 4.92. The maximum absolute atomic E-state index is 5.88. The van der Waals surface area contributed by atoms with E-state index in [9.17, 15) is 0 Å². The van der Waals surface area contributed by atoms with Crippen LogP contribution in [0, 0.1) is 5.41 Å². The molecule has 3 nitrogen and oxygen atoms in total. The molecule has 0 aromatic rings. The van der Waals surface area contributed by atoms with Crippen molar-refractivity contribution in [3.8, 4) is 0 Å². The second-order valence-corrected chi connectivity index (χ2v) is 4.92. The Kier molecular flexibility index (Phi) is 2.84. The number of aliphatic imine (C=N–C) groups is 1. The van der Waals surface area contributed by atoms with Gasteiger partial charge < -0.3 is 10.6 Å². The van der Waals surface area contributed by atoms with Crippen LogP contribution in [0.5, 0.6) is 0 Å². The van der Waals surface area contributed by atoms with Crippen LogP contribution in [0.15, 0.2) is 4.99 Å². The van der Waals surface area contributed by atoms with Gasteiger partial charge in [0.05, 0.1) is 0 Å². The van der Waals surface area contributed by atoms with Gasteiger partial charge in [0.15, 0.2) is 5.96 Å². The van der Waals surface area contributed by atoms with Gasteiger partial charge in [0.1, 0.15) is 0 Å². The average molecular weight is 183 g/mol. The topological polar surface area (TPSA) is 41.6 Å². The van der Waals surface area contributed by atoms with Crippen molar-refractivity contribution in [1.29, 1.82) is 0 Å². The normalized spacial score (nSPS) is 22.8. The van der Waals surface area contributed by atoms with Gasteiger partial charge in [-0.15, -0.1) is 0 Å². The highest BCUT2D eigenvalue weighted by Gasteiger charge is 2.30. The van der Waals surface area contributed by atoms with E-state index in [4.69, 9.17) is 5.73 Å². The molecule has 0 atom stereocenters. The van der Waals surface area contributed by atoms with Crippen LogP contribution in [0.1, 0.15) is 34.1 Å². The van der Waals surface area contributed by atoms with Crippen molar-refractivity contribution in [3.05, 3.63) is 0 Å². The Hall–Kier alpha value is -0.730. The molecule has 3 heteroatoms. The van der Waals surface area contributed by atoms with Crippen molar-refractivity contribution in [2.75, 3.05) is 13.1 Å². The Balaban J connectivity index is 2.56. The summed E-state index contributed by atoms with van der Waals surface area (Å²) in [5.41, 5.74) is 6.28. The fraction of sp³-hybridized carbons (Fsp3) is 0.900. The van der Waals surface area contributed by atoms with Crippen LogP contribution < -0.4 is 5.73 Å². The van der Waals surface area contributed by atoms with Gasteiger partial charge >= 0.3 is 0 Å². The number of nitrogens with two attached hydrogens (primary N) is 1. The van der Waals surface area contributed by atoms with E-state index in [0.717, 1.165) is 13.1 Å². The zero-order valence-electron chi connectivity index (χ0n) is 9.17. The number of hydrogen-bond acceptors (Lipinski definition) is 1. The third-order valence-electron chi connectivity index (χ3n) is 2.39.